The number of carbonyl (C=O) groups excluding carboxylic acids is 1. The number of hydrogen-bond donors (Lipinski definition) is 2. The van der Waals surface area contributed by atoms with Gasteiger partial charge in [0.05, 0.1) is 22.8 Å². The van der Waals surface area contributed by atoms with Crippen LogP contribution in [0.2, 0.25) is 5.02 Å². The summed E-state index contributed by atoms with van der Waals surface area (Å²) in [7, 11) is 0. The van der Waals surface area contributed by atoms with Crippen molar-refractivity contribution in [3.63, 3.8) is 0 Å². The van der Waals surface area contributed by atoms with Crippen LogP contribution in [-0.2, 0) is 11.0 Å². The van der Waals surface area contributed by atoms with E-state index in [0.29, 0.717) is 5.69 Å². The number of alkyl halides is 3. The van der Waals surface area contributed by atoms with E-state index in [1.54, 1.807) is 0 Å². The maximum Gasteiger partial charge on any atom is 0.416 e. The fourth-order valence-corrected chi connectivity index (χ4v) is 2.45. The number of hydrogen-bond acceptors (Lipinski definition) is 2. The van der Waals surface area contributed by atoms with E-state index >= 15 is 0 Å². The molecule has 0 fully saturated rings. The molecular weight excluding hydrogens is 341 g/mol. The fraction of sp³-hybridized carbons (Fsp3) is 0.235. The van der Waals surface area contributed by atoms with Crippen molar-refractivity contribution in [3.05, 3.63) is 58.1 Å². The number of aryl methyl sites for hydroxylation is 2. The Labute approximate surface area is 142 Å². The van der Waals surface area contributed by atoms with Gasteiger partial charge in [0, 0.05) is 5.69 Å². The second kappa shape index (κ2) is 7.13. The molecule has 0 radical (unpaired) electrons. The summed E-state index contributed by atoms with van der Waals surface area (Å²) in [5, 5.41) is 5.44. The highest BCUT2D eigenvalue weighted by Crippen LogP contribution is 2.33. The lowest BCUT2D eigenvalue weighted by Gasteiger charge is -2.13. The number of carbonyl (C=O) groups is 1. The third-order valence-electron chi connectivity index (χ3n) is 3.24. The topological polar surface area (TPSA) is 41.1 Å². The molecule has 0 saturated heterocycles. The number of amides is 1. The zero-order chi connectivity index (χ0) is 17.9. The average Bonchev–Trinajstić information content (AvgIpc) is 2.44. The maximum absolute atomic E-state index is 12.7. The molecule has 128 valence electrons. The van der Waals surface area contributed by atoms with Crippen LogP contribution in [0.1, 0.15) is 16.7 Å². The fourth-order valence-electron chi connectivity index (χ4n) is 2.26. The largest absolute Gasteiger partial charge is 0.416 e. The Morgan fingerprint density at radius 3 is 2.29 bits per heavy atom. The summed E-state index contributed by atoms with van der Waals surface area (Å²) in [6.07, 6.45) is -4.47. The number of nitrogens with one attached hydrogen (secondary N) is 2. The summed E-state index contributed by atoms with van der Waals surface area (Å²) in [5.41, 5.74) is 1.86. The van der Waals surface area contributed by atoms with Crippen LogP contribution in [0.3, 0.4) is 0 Å². The zero-order valence-corrected chi connectivity index (χ0v) is 13.8. The molecule has 0 bridgehead atoms. The van der Waals surface area contributed by atoms with Gasteiger partial charge in [-0.2, -0.15) is 13.2 Å². The monoisotopic (exact) mass is 356 g/mol. The van der Waals surface area contributed by atoms with Crippen molar-refractivity contribution in [1.82, 2.24) is 0 Å². The van der Waals surface area contributed by atoms with Gasteiger partial charge in [-0.1, -0.05) is 17.7 Å². The van der Waals surface area contributed by atoms with Gasteiger partial charge >= 0.3 is 6.18 Å². The van der Waals surface area contributed by atoms with Crippen molar-refractivity contribution in [3.8, 4) is 0 Å². The summed E-state index contributed by atoms with van der Waals surface area (Å²) in [5.74, 6) is -0.381. The molecule has 1 amide bonds. The molecule has 0 aliphatic carbocycles. The van der Waals surface area contributed by atoms with Crippen LogP contribution in [-0.4, -0.2) is 12.5 Å². The highest BCUT2D eigenvalue weighted by molar-refractivity contribution is 6.33. The first kappa shape index (κ1) is 18.1. The summed E-state index contributed by atoms with van der Waals surface area (Å²) < 4.78 is 38.1. The molecular formula is C17H16ClF3N2O. The first-order valence-electron chi connectivity index (χ1n) is 7.14. The van der Waals surface area contributed by atoms with Gasteiger partial charge in [0.2, 0.25) is 5.91 Å². The Kier molecular flexibility index (Phi) is 5.39. The van der Waals surface area contributed by atoms with Crippen LogP contribution in [0.25, 0.3) is 0 Å². The maximum atomic E-state index is 12.7. The molecule has 0 atom stereocenters. The van der Waals surface area contributed by atoms with E-state index in [-0.39, 0.29) is 23.2 Å². The summed E-state index contributed by atoms with van der Waals surface area (Å²) >= 11 is 5.87. The Bertz CT molecular complexity index is 740. The van der Waals surface area contributed by atoms with Gasteiger partial charge in [-0.25, -0.2) is 0 Å². The van der Waals surface area contributed by atoms with Crippen LogP contribution >= 0.6 is 11.6 Å². The van der Waals surface area contributed by atoms with Gasteiger partial charge in [-0.15, -0.1) is 0 Å². The minimum atomic E-state index is -4.47. The quantitative estimate of drug-likeness (QED) is 0.807. The van der Waals surface area contributed by atoms with Crippen LogP contribution in [0.4, 0.5) is 24.5 Å². The van der Waals surface area contributed by atoms with Gasteiger partial charge in [0.15, 0.2) is 0 Å². The molecule has 0 aliphatic heterocycles. The van der Waals surface area contributed by atoms with Crippen molar-refractivity contribution in [2.45, 2.75) is 20.0 Å². The van der Waals surface area contributed by atoms with Crippen LogP contribution in [0.15, 0.2) is 36.4 Å². The van der Waals surface area contributed by atoms with Gasteiger partial charge in [0.25, 0.3) is 0 Å². The molecule has 2 rings (SSSR count). The third kappa shape index (κ3) is 4.89. The minimum Gasteiger partial charge on any atom is -0.375 e. The highest BCUT2D eigenvalue weighted by Gasteiger charge is 2.30. The Balaban J connectivity index is 2.03. The molecule has 0 spiro atoms. The van der Waals surface area contributed by atoms with Crippen molar-refractivity contribution in [2.24, 2.45) is 0 Å². The molecule has 2 aromatic carbocycles. The number of halogens is 4. The minimum absolute atomic E-state index is 0.0575. The van der Waals surface area contributed by atoms with E-state index in [2.05, 4.69) is 10.6 Å². The van der Waals surface area contributed by atoms with E-state index in [0.717, 1.165) is 29.3 Å². The van der Waals surface area contributed by atoms with Crippen LogP contribution < -0.4 is 10.6 Å². The standard InChI is InChI=1S/C17H16ClF3N2O/c1-10-5-11(2)7-13(6-10)23-16(24)9-22-15-8-12(17(19,20)21)3-4-14(15)18/h3-8,22H,9H2,1-2H3,(H,23,24). The van der Waals surface area contributed by atoms with E-state index < -0.39 is 11.7 Å². The summed E-state index contributed by atoms with van der Waals surface area (Å²) in [6, 6.07) is 8.50. The zero-order valence-electron chi connectivity index (χ0n) is 13.1. The van der Waals surface area contributed by atoms with Crippen molar-refractivity contribution >= 4 is 28.9 Å². The number of benzene rings is 2. The van der Waals surface area contributed by atoms with E-state index in [9.17, 15) is 18.0 Å². The molecule has 0 aliphatic rings. The van der Waals surface area contributed by atoms with Gasteiger partial charge < -0.3 is 10.6 Å². The molecule has 0 unspecified atom stereocenters. The van der Waals surface area contributed by atoms with Crippen molar-refractivity contribution in [1.29, 1.82) is 0 Å². The third-order valence-corrected chi connectivity index (χ3v) is 3.57. The van der Waals surface area contributed by atoms with Crippen LogP contribution in [0, 0.1) is 13.8 Å². The second-order valence-corrected chi connectivity index (χ2v) is 5.88. The van der Waals surface area contributed by atoms with E-state index in [1.807, 2.05) is 32.0 Å². The van der Waals surface area contributed by atoms with Crippen molar-refractivity contribution < 1.29 is 18.0 Å². The second-order valence-electron chi connectivity index (χ2n) is 5.47. The lowest BCUT2D eigenvalue weighted by atomic mass is 10.1. The molecule has 0 heterocycles. The summed E-state index contributed by atoms with van der Waals surface area (Å²) in [4.78, 5) is 12.0. The predicted octanol–water partition coefficient (Wildman–Crippen LogP) is 5.03. The Morgan fingerprint density at radius 1 is 1.08 bits per heavy atom. The molecule has 3 nitrogen and oxygen atoms in total. The molecule has 2 aromatic rings. The number of anilines is 2. The average molecular weight is 357 g/mol. The molecule has 0 aromatic heterocycles. The summed E-state index contributed by atoms with van der Waals surface area (Å²) in [6.45, 7) is 3.61. The van der Waals surface area contributed by atoms with Gasteiger partial charge in [0.1, 0.15) is 0 Å². The predicted molar refractivity (Wildman–Crippen MR) is 89.5 cm³/mol. The Hall–Kier alpha value is -2.21. The molecule has 7 heteroatoms. The normalized spacial score (nSPS) is 11.2. The molecule has 0 saturated carbocycles. The SMILES string of the molecule is Cc1cc(C)cc(NC(=O)CNc2cc(C(F)(F)F)ccc2Cl)c1. The van der Waals surface area contributed by atoms with Crippen LogP contribution in [0.5, 0.6) is 0 Å². The van der Waals surface area contributed by atoms with E-state index in [1.165, 1.54) is 0 Å². The first-order valence-corrected chi connectivity index (χ1v) is 7.52. The highest BCUT2D eigenvalue weighted by atomic mass is 35.5. The van der Waals surface area contributed by atoms with E-state index in [4.69, 9.17) is 11.6 Å². The van der Waals surface area contributed by atoms with Gasteiger partial charge in [-0.05, 0) is 55.3 Å². The van der Waals surface area contributed by atoms with Gasteiger partial charge in [-0.3, -0.25) is 4.79 Å². The molecule has 2 N–H and O–H groups in total. The Morgan fingerprint density at radius 2 is 1.71 bits per heavy atom. The number of rotatable bonds is 4. The van der Waals surface area contributed by atoms with Crippen molar-refractivity contribution in [2.75, 3.05) is 17.2 Å². The lowest BCUT2D eigenvalue weighted by Crippen LogP contribution is -2.22. The molecule has 24 heavy (non-hydrogen) atoms. The smallest absolute Gasteiger partial charge is 0.375 e. The lowest BCUT2D eigenvalue weighted by molar-refractivity contribution is -0.137. The first-order chi connectivity index (χ1) is 11.1.